The average molecular weight is 757 g/mol. The van der Waals surface area contributed by atoms with Crippen molar-refractivity contribution in [3.05, 3.63) is 125 Å². The van der Waals surface area contributed by atoms with Gasteiger partial charge in [-0.3, -0.25) is 0 Å². The van der Waals surface area contributed by atoms with Crippen molar-refractivity contribution in [1.29, 1.82) is 0 Å². The molecule has 0 amide bonds. The van der Waals surface area contributed by atoms with Crippen LogP contribution in [0.1, 0.15) is 132 Å². The molecule has 0 saturated heterocycles. The van der Waals surface area contributed by atoms with Gasteiger partial charge in [-0.05, 0) is 114 Å². The van der Waals surface area contributed by atoms with Gasteiger partial charge in [0, 0.05) is 43.3 Å². The minimum absolute atomic E-state index is 0.00746. The number of hydrogen-bond donors (Lipinski definition) is 0. The average Bonchev–Trinajstić information content (AvgIpc) is 3.48. The SMILES string of the molecule is CC(C)(C)c1ccc(N2c3ccc(C(C)(C)C)cc3B3c4sc5cc(C(C)(C)C)ccc5c4N(c4ccc(C(C)(C)C)cc4)c4cc(C(C)(C)C)cc2c43)cc1. The number of fused-ring (bicyclic) bond motifs is 6. The van der Waals surface area contributed by atoms with Crippen molar-refractivity contribution in [2.75, 3.05) is 9.80 Å². The maximum atomic E-state index is 2.63. The molecular formula is C52H61BN2S. The van der Waals surface area contributed by atoms with E-state index in [4.69, 9.17) is 0 Å². The van der Waals surface area contributed by atoms with Gasteiger partial charge in [-0.25, -0.2) is 0 Å². The summed E-state index contributed by atoms with van der Waals surface area (Å²) in [4.78, 5) is 5.21. The minimum Gasteiger partial charge on any atom is -0.311 e. The molecule has 6 aromatic rings. The van der Waals surface area contributed by atoms with E-state index in [1.807, 2.05) is 11.3 Å². The Balaban J connectivity index is 1.51. The van der Waals surface area contributed by atoms with Crippen LogP contribution in [0.5, 0.6) is 0 Å². The van der Waals surface area contributed by atoms with Crippen LogP contribution >= 0.6 is 11.3 Å². The summed E-state index contributed by atoms with van der Waals surface area (Å²) in [7, 11) is 0. The Hall–Kier alpha value is -4.28. The highest BCUT2D eigenvalue weighted by atomic mass is 32.1. The molecule has 0 fully saturated rings. The third-order valence-corrected chi connectivity index (χ3v) is 13.4. The van der Waals surface area contributed by atoms with Gasteiger partial charge in [0.2, 0.25) is 0 Å². The first-order valence-corrected chi connectivity index (χ1v) is 21.5. The molecule has 2 aliphatic heterocycles. The van der Waals surface area contributed by atoms with E-state index in [9.17, 15) is 0 Å². The van der Waals surface area contributed by atoms with E-state index < -0.39 is 0 Å². The van der Waals surface area contributed by atoms with Crippen LogP contribution in [-0.4, -0.2) is 6.71 Å². The summed E-state index contributed by atoms with van der Waals surface area (Å²) in [5.74, 6) is 0. The largest absolute Gasteiger partial charge is 0.311 e. The lowest BCUT2D eigenvalue weighted by Crippen LogP contribution is -2.60. The first-order chi connectivity index (χ1) is 25.9. The standard InChI is InChI=1S/C52H61BN2S/c1-48(2,3)32-16-22-37(23-17-32)54-41-27-21-34(50(7,8)9)28-40(41)53-45-42(54)29-36(52(13,14)15)30-43(45)55(38-24-18-33(19-25-38)49(4,5)6)46-39-26-20-35(51(10,11)12)31-44(39)56-47(46)53/h16-31H,1-15H3. The van der Waals surface area contributed by atoms with Gasteiger partial charge in [0.15, 0.2) is 0 Å². The van der Waals surface area contributed by atoms with Crippen molar-refractivity contribution in [3.63, 3.8) is 0 Å². The van der Waals surface area contributed by atoms with Crippen LogP contribution in [0.25, 0.3) is 10.1 Å². The van der Waals surface area contributed by atoms with Crippen molar-refractivity contribution in [3.8, 4) is 0 Å². The zero-order chi connectivity index (χ0) is 40.5. The normalized spacial score (nSPS) is 14.6. The van der Waals surface area contributed by atoms with Gasteiger partial charge in [0.05, 0.1) is 5.69 Å². The van der Waals surface area contributed by atoms with E-state index >= 15 is 0 Å². The summed E-state index contributed by atoms with van der Waals surface area (Å²) in [6.07, 6.45) is 0. The third kappa shape index (κ3) is 6.41. The number of nitrogens with zero attached hydrogens (tertiary/aromatic N) is 2. The lowest BCUT2D eigenvalue weighted by molar-refractivity contribution is 0.589. The second kappa shape index (κ2) is 12.6. The predicted octanol–water partition coefficient (Wildman–Crippen LogP) is 13.5. The molecular weight excluding hydrogens is 695 g/mol. The van der Waals surface area contributed by atoms with Crippen LogP contribution in [0, 0.1) is 0 Å². The molecule has 56 heavy (non-hydrogen) atoms. The Bertz CT molecular complexity index is 2480. The summed E-state index contributed by atoms with van der Waals surface area (Å²) in [6, 6.07) is 38.5. The van der Waals surface area contributed by atoms with E-state index in [2.05, 4.69) is 211 Å². The lowest BCUT2D eigenvalue weighted by atomic mass is 9.36. The number of hydrogen-bond acceptors (Lipinski definition) is 3. The maximum absolute atomic E-state index is 2.63. The maximum Gasteiger partial charge on any atom is 0.264 e. The summed E-state index contributed by atoms with van der Waals surface area (Å²) in [5.41, 5.74) is 17.3. The Labute approximate surface area is 342 Å². The first kappa shape index (κ1) is 38.6. The van der Waals surface area contributed by atoms with Crippen LogP contribution in [0.4, 0.5) is 34.1 Å². The van der Waals surface area contributed by atoms with E-state index in [1.54, 1.807) is 0 Å². The van der Waals surface area contributed by atoms with E-state index in [0.29, 0.717) is 0 Å². The molecule has 8 rings (SSSR count). The molecule has 0 spiro atoms. The van der Waals surface area contributed by atoms with Crippen molar-refractivity contribution < 1.29 is 0 Å². The van der Waals surface area contributed by atoms with Crippen molar-refractivity contribution >= 4 is 78.0 Å². The molecule has 0 atom stereocenters. The Morgan fingerprint density at radius 1 is 0.411 bits per heavy atom. The van der Waals surface area contributed by atoms with Crippen LogP contribution in [-0.2, 0) is 27.1 Å². The fourth-order valence-electron chi connectivity index (χ4n) is 8.62. The highest BCUT2D eigenvalue weighted by Crippen LogP contribution is 2.50. The topological polar surface area (TPSA) is 6.48 Å². The number of anilines is 6. The molecule has 4 heteroatoms. The highest BCUT2D eigenvalue weighted by molar-refractivity contribution is 7.33. The number of thiophene rings is 1. The van der Waals surface area contributed by atoms with Gasteiger partial charge in [0.1, 0.15) is 0 Å². The first-order valence-electron chi connectivity index (χ1n) is 20.6. The van der Waals surface area contributed by atoms with Crippen molar-refractivity contribution in [2.24, 2.45) is 0 Å². The summed E-state index contributed by atoms with van der Waals surface area (Å²) in [5, 5.41) is 1.33. The fraction of sp³-hybridized carbons (Fsp3) is 0.385. The molecule has 0 N–H and O–H groups in total. The molecule has 0 radical (unpaired) electrons. The zero-order valence-electron chi connectivity index (χ0n) is 36.6. The summed E-state index contributed by atoms with van der Waals surface area (Å²) >= 11 is 2.00. The Kier molecular flexibility index (Phi) is 8.69. The Morgan fingerprint density at radius 3 is 1.34 bits per heavy atom. The quantitative estimate of drug-likeness (QED) is 0.162. The molecule has 5 aromatic carbocycles. The number of benzene rings is 5. The molecule has 0 aliphatic carbocycles. The molecule has 2 nitrogen and oxygen atoms in total. The van der Waals surface area contributed by atoms with Gasteiger partial charge in [-0.15, -0.1) is 11.3 Å². The molecule has 0 saturated carbocycles. The highest BCUT2D eigenvalue weighted by Gasteiger charge is 2.46. The van der Waals surface area contributed by atoms with Gasteiger partial charge >= 0.3 is 0 Å². The van der Waals surface area contributed by atoms with Gasteiger partial charge in [0.25, 0.3) is 6.71 Å². The fourth-order valence-corrected chi connectivity index (χ4v) is 9.98. The van der Waals surface area contributed by atoms with E-state index in [-0.39, 0.29) is 33.8 Å². The molecule has 0 bridgehead atoms. The predicted molar refractivity (Wildman–Crippen MR) is 249 cm³/mol. The molecule has 2 aliphatic rings. The van der Waals surface area contributed by atoms with Crippen LogP contribution in [0.2, 0.25) is 0 Å². The smallest absolute Gasteiger partial charge is 0.264 e. The zero-order valence-corrected chi connectivity index (χ0v) is 37.4. The second-order valence-electron chi connectivity index (χ2n) is 21.7. The second-order valence-corrected chi connectivity index (χ2v) is 22.8. The van der Waals surface area contributed by atoms with Gasteiger partial charge < -0.3 is 9.80 Å². The van der Waals surface area contributed by atoms with Crippen LogP contribution < -0.4 is 25.5 Å². The number of rotatable bonds is 2. The van der Waals surface area contributed by atoms with Gasteiger partial charge in [-0.2, -0.15) is 0 Å². The van der Waals surface area contributed by atoms with E-state index in [0.717, 1.165) is 0 Å². The monoisotopic (exact) mass is 756 g/mol. The van der Waals surface area contributed by atoms with Crippen LogP contribution in [0.3, 0.4) is 0 Å². The van der Waals surface area contributed by atoms with Crippen molar-refractivity contribution in [1.82, 2.24) is 0 Å². The lowest BCUT2D eigenvalue weighted by Gasteiger charge is -2.44. The summed E-state index contributed by atoms with van der Waals surface area (Å²) in [6.45, 7) is 35.0. The molecule has 1 aromatic heterocycles. The third-order valence-electron chi connectivity index (χ3n) is 12.2. The molecule has 288 valence electrons. The van der Waals surface area contributed by atoms with Gasteiger partial charge in [-0.1, -0.05) is 152 Å². The van der Waals surface area contributed by atoms with Crippen molar-refractivity contribution in [2.45, 2.75) is 131 Å². The van der Waals surface area contributed by atoms with Crippen LogP contribution in [0.15, 0.2) is 97.1 Å². The summed E-state index contributed by atoms with van der Waals surface area (Å²) < 4.78 is 2.79. The Morgan fingerprint density at radius 2 is 0.839 bits per heavy atom. The molecule has 3 heterocycles. The van der Waals surface area contributed by atoms with E-state index in [1.165, 1.54) is 87.7 Å². The minimum atomic E-state index is -0.0699. The molecule has 0 unspecified atom stereocenters.